The van der Waals surface area contributed by atoms with E-state index in [1.165, 1.54) is 24.0 Å². The summed E-state index contributed by atoms with van der Waals surface area (Å²) in [4.78, 5) is 27.9. The van der Waals surface area contributed by atoms with Crippen molar-refractivity contribution in [2.45, 2.75) is 36.1 Å². The number of amides is 1. The normalized spacial score (nSPS) is 34.6. The maximum atomic E-state index is 12.6. The van der Waals surface area contributed by atoms with E-state index in [1.54, 1.807) is 6.20 Å². The van der Waals surface area contributed by atoms with E-state index >= 15 is 0 Å². The molecular formula is C11H13N3O5S. The zero-order valence-corrected chi connectivity index (χ0v) is 11.4. The summed E-state index contributed by atoms with van der Waals surface area (Å²) in [6, 6.07) is -1.36. The van der Waals surface area contributed by atoms with Crippen LogP contribution < -0.4 is 0 Å². The van der Waals surface area contributed by atoms with E-state index in [2.05, 4.69) is 4.98 Å². The van der Waals surface area contributed by atoms with Gasteiger partial charge in [0.2, 0.25) is 5.91 Å². The second-order valence-electron chi connectivity index (χ2n) is 5.29. The Morgan fingerprint density at radius 2 is 2.30 bits per heavy atom. The van der Waals surface area contributed by atoms with E-state index < -0.39 is 37.9 Å². The van der Waals surface area contributed by atoms with Crippen LogP contribution in [-0.2, 0) is 26.0 Å². The Kier molecular flexibility index (Phi) is 2.50. The van der Waals surface area contributed by atoms with Crippen LogP contribution in [0.3, 0.4) is 0 Å². The molecule has 1 aromatic rings. The lowest BCUT2D eigenvalue weighted by molar-refractivity contribution is -0.157. The fraction of sp³-hybridized carbons (Fsp3) is 0.545. The smallest absolute Gasteiger partial charge is 0.328 e. The Morgan fingerprint density at radius 3 is 2.80 bits per heavy atom. The molecule has 2 aliphatic rings. The molecule has 1 amide bonds. The number of rotatable bonds is 3. The molecule has 1 N–H and O–H groups in total. The highest BCUT2D eigenvalue weighted by Crippen LogP contribution is 2.46. The number of fused-ring (bicyclic) bond motifs is 1. The van der Waals surface area contributed by atoms with Crippen molar-refractivity contribution >= 4 is 21.7 Å². The maximum Gasteiger partial charge on any atom is 0.328 e. The molecule has 2 saturated heterocycles. The average molecular weight is 299 g/mol. The number of carbonyl (C=O) groups excluding carboxylic acids is 1. The van der Waals surface area contributed by atoms with Gasteiger partial charge in [-0.2, -0.15) is 0 Å². The Bertz CT molecular complexity index is 683. The number of sulfone groups is 1. The van der Waals surface area contributed by atoms with Gasteiger partial charge in [-0.05, 0) is 6.92 Å². The van der Waals surface area contributed by atoms with Gasteiger partial charge in [-0.1, -0.05) is 0 Å². The van der Waals surface area contributed by atoms with E-state index in [0.717, 1.165) is 4.90 Å². The first-order chi connectivity index (χ1) is 9.29. The van der Waals surface area contributed by atoms with Crippen LogP contribution in [0.15, 0.2) is 18.7 Å². The minimum Gasteiger partial charge on any atom is -0.480 e. The Balaban J connectivity index is 2.10. The van der Waals surface area contributed by atoms with Crippen LogP contribution in [0.4, 0.5) is 0 Å². The molecular weight excluding hydrogens is 286 g/mol. The minimum atomic E-state index is -3.76. The summed E-state index contributed by atoms with van der Waals surface area (Å²) in [6.07, 6.45) is 4.35. The molecule has 3 rings (SSSR count). The van der Waals surface area contributed by atoms with Crippen molar-refractivity contribution in [2.24, 2.45) is 0 Å². The first kappa shape index (κ1) is 13.1. The number of carboxylic acid groups (broad SMARTS) is 1. The van der Waals surface area contributed by atoms with Crippen LogP contribution in [-0.4, -0.2) is 56.0 Å². The van der Waals surface area contributed by atoms with Crippen molar-refractivity contribution < 1.29 is 23.1 Å². The topological polar surface area (TPSA) is 110 Å². The van der Waals surface area contributed by atoms with Crippen LogP contribution in [0.25, 0.3) is 0 Å². The third-order valence-corrected chi connectivity index (χ3v) is 6.86. The van der Waals surface area contributed by atoms with Gasteiger partial charge in [0.1, 0.15) is 10.1 Å². The maximum absolute atomic E-state index is 12.6. The highest BCUT2D eigenvalue weighted by atomic mass is 32.2. The molecule has 108 valence electrons. The fourth-order valence-corrected chi connectivity index (χ4v) is 5.41. The highest BCUT2D eigenvalue weighted by Gasteiger charge is 2.69. The van der Waals surface area contributed by atoms with Gasteiger partial charge in [0.25, 0.3) is 0 Å². The number of hydrogen-bond donors (Lipinski definition) is 1. The molecule has 0 unspecified atom stereocenters. The number of hydrogen-bond acceptors (Lipinski definition) is 5. The zero-order valence-electron chi connectivity index (χ0n) is 10.6. The summed E-state index contributed by atoms with van der Waals surface area (Å²) >= 11 is 0. The first-order valence-corrected chi connectivity index (χ1v) is 7.57. The number of imidazole rings is 1. The molecule has 0 saturated carbocycles. The van der Waals surface area contributed by atoms with Gasteiger partial charge < -0.3 is 14.6 Å². The van der Waals surface area contributed by atoms with E-state index in [1.807, 2.05) is 0 Å². The third-order valence-electron chi connectivity index (χ3n) is 4.10. The molecule has 20 heavy (non-hydrogen) atoms. The molecule has 0 bridgehead atoms. The van der Waals surface area contributed by atoms with Crippen molar-refractivity contribution in [1.29, 1.82) is 0 Å². The summed E-state index contributed by atoms with van der Waals surface area (Å²) in [7, 11) is -3.76. The molecule has 1 aromatic heterocycles. The lowest BCUT2D eigenvalue weighted by Gasteiger charge is -2.35. The summed E-state index contributed by atoms with van der Waals surface area (Å²) in [5, 5.41) is 8.36. The molecule has 3 heterocycles. The Hall–Kier alpha value is -1.90. The Morgan fingerprint density at radius 1 is 1.60 bits per heavy atom. The monoisotopic (exact) mass is 299 g/mol. The molecule has 8 nitrogen and oxygen atoms in total. The molecule has 0 radical (unpaired) electrons. The molecule has 3 atom stereocenters. The molecule has 0 aliphatic carbocycles. The second-order valence-corrected chi connectivity index (χ2v) is 7.86. The zero-order chi connectivity index (χ0) is 14.7. The van der Waals surface area contributed by atoms with Crippen molar-refractivity contribution in [3.63, 3.8) is 0 Å². The molecule has 9 heteroatoms. The van der Waals surface area contributed by atoms with Gasteiger partial charge >= 0.3 is 5.97 Å². The quantitative estimate of drug-likeness (QED) is 0.723. The first-order valence-electron chi connectivity index (χ1n) is 6.02. The lowest BCUT2D eigenvalue weighted by Crippen LogP contribution is -2.57. The fourth-order valence-electron chi connectivity index (χ4n) is 3.03. The number of nitrogens with zero attached hydrogens (tertiary/aromatic N) is 3. The number of β-lactam (4-membered cyclic amide) rings is 1. The van der Waals surface area contributed by atoms with Gasteiger partial charge in [0.15, 0.2) is 15.9 Å². The van der Waals surface area contributed by atoms with Crippen LogP contribution in [0.1, 0.15) is 13.3 Å². The molecule has 0 aromatic carbocycles. The highest BCUT2D eigenvalue weighted by molar-refractivity contribution is 7.93. The van der Waals surface area contributed by atoms with Crippen molar-refractivity contribution in [1.82, 2.24) is 14.5 Å². The van der Waals surface area contributed by atoms with Gasteiger partial charge in [-0.3, -0.25) is 4.79 Å². The number of carboxylic acids is 1. The van der Waals surface area contributed by atoms with Crippen molar-refractivity contribution in [2.75, 3.05) is 0 Å². The molecule has 2 fully saturated rings. The summed E-state index contributed by atoms with van der Waals surface area (Å²) in [5.74, 6) is -1.73. The standard InChI is InChI=1S/C11H13N3O5S/c1-11(5-13-3-2-12-6-13)9(10(16)17)14-7(15)4-8(14)20(11,18)19/h2-3,6,8-9H,4-5H2,1H3,(H,16,17)/t8-,9+,11+/m1/s1. The number of aromatic nitrogens is 2. The van der Waals surface area contributed by atoms with Crippen molar-refractivity contribution in [3.8, 4) is 0 Å². The molecule has 0 spiro atoms. The van der Waals surface area contributed by atoms with E-state index in [9.17, 15) is 23.1 Å². The third kappa shape index (κ3) is 1.41. The second kappa shape index (κ2) is 3.81. The van der Waals surface area contributed by atoms with E-state index in [-0.39, 0.29) is 13.0 Å². The van der Waals surface area contributed by atoms with Gasteiger partial charge in [0.05, 0.1) is 12.7 Å². The van der Waals surface area contributed by atoms with Crippen LogP contribution in [0, 0.1) is 0 Å². The minimum absolute atomic E-state index is 0.0490. The van der Waals surface area contributed by atoms with Gasteiger partial charge in [-0.15, -0.1) is 0 Å². The van der Waals surface area contributed by atoms with Gasteiger partial charge in [0, 0.05) is 18.9 Å². The predicted octanol–water partition coefficient (Wildman–Crippen LogP) is -0.918. The predicted molar refractivity (Wildman–Crippen MR) is 66.2 cm³/mol. The summed E-state index contributed by atoms with van der Waals surface area (Å²) < 4.78 is 25.1. The van der Waals surface area contributed by atoms with Crippen LogP contribution in [0.5, 0.6) is 0 Å². The largest absolute Gasteiger partial charge is 0.480 e. The van der Waals surface area contributed by atoms with Crippen LogP contribution >= 0.6 is 0 Å². The number of aliphatic carboxylic acids is 1. The summed E-state index contributed by atoms with van der Waals surface area (Å²) in [5.41, 5.74) is 0. The lowest BCUT2D eigenvalue weighted by atomic mass is 9.96. The van der Waals surface area contributed by atoms with Crippen molar-refractivity contribution in [3.05, 3.63) is 18.7 Å². The van der Waals surface area contributed by atoms with E-state index in [4.69, 9.17) is 0 Å². The molecule has 2 aliphatic heterocycles. The Labute approximate surface area is 114 Å². The van der Waals surface area contributed by atoms with Gasteiger partial charge in [-0.25, -0.2) is 18.2 Å². The SMILES string of the molecule is C[C@]1(Cn2ccnc2)[C@H](C(=O)O)N2C(=O)C[C@H]2S1(=O)=O. The van der Waals surface area contributed by atoms with E-state index in [0.29, 0.717) is 0 Å². The summed E-state index contributed by atoms with van der Waals surface area (Å²) in [6.45, 7) is 1.33. The average Bonchev–Trinajstić information content (AvgIpc) is 2.87. The number of carbonyl (C=O) groups is 2. The van der Waals surface area contributed by atoms with Crippen LogP contribution in [0.2, 0.25) is 0 Å².